The fraction of sp³-hybridized carbons (Fsp3) is 0.222. The number of carbonyl (C=O) groups is 2. The van der Waals surface area contributed by atoms with E-state index in [0.717, 1.165) is 11.4 Å². The van der Waals surface area contributed by atoms with Gasteiger partial charge in [-0.05, 0) is 29.8 Å². The van der Waals surface area contributed by atoms with Crippen molar-refractivity contribution in [2.45, 2.75) is 23.1 Å². The quantitative estimate of drug-likeness (QED) is 0.479. The average Bonchev–Trinajstić information content (AvgIpc) is 3.00. The second-order valence-electron chi connectivity index (χ2n) is 5.64. The van der Waals surface area contributed by atoms with Gasteiger partial charge in [0.25, 0.3) is 7.41 Å². The average molecular weight is 337 g/mol. The van der Waals surface area contributed by atoms with Gasteiger partial charge in [0.1, 0.15) is 0 Å². The highest BCUT2D eigenvalue weighted by Crippen LogP contribution is 2.27. The first-order valence-electron chi connectivity index (χ1n) is 7.86. The zero-order valence-electron chi connectivity index (χ0n) is 13.2. The topological polar surface area (TPSA) is 49.4 Å². The van der Waals surface area contributed by atoms with E-state index in [1.807, 2.05) is 30.3 Å². The van der Waals surface area contributed by atoms with Crippen LogP contribution in [0, 0.1) is 0 Å². The number of amides is 1. The third-order valence-corrected chi connectivity index (χ3v) is 5.00. The van der Waals surface area contributed by atoms with E-state index in [4.69, 9.17) is 0 Å². The van der Waals surface area contributed by atoms with Crippen LogP contribution in [0.15, 0.2) is 59.5 Å². The molecule has 4 nitrogen and oxygen atoms in total. The minimum Gasteiger partial charge on any atom is -0.349 e. The SMILES string of the molecule is O=C[B]NC1CC(=O)N(c2ccc(SCc3ccccc3)cc2)C1. The van der Waals surface area contributed by atoms with Gasteiger partial charge >= 0.3 is 0 Å². The van der Waals surface area contributed by atoms with Crippen molar-refractivity contribution >= 4 is 37.0 Å². The molecule has 6 heteroatoms. The van der Waals surface area contributed by atoms with E-state index in [-0.39, 0.29) is 11.9 Å². The summed E-state index contributed by atoms with van der Waals surface area (Å²) >= 11 is 1.78. The molecule has 1 heterocycles. The number of thioether (sulfide) groups is 1. The summed E-state index contributed by atoms with van der Waals surface area (Å²) < 4.78 is 0. The second-order valence-corrected chi connectivity index (χ2v) is 6.69. The van der Waals surface area contributed by atoms with Crippen molar-refractivity contribution in [3.8, 4) is 0 Å². The summed E-state index contributed by atoms with van der Waals surface area (Å²) in [7, 11) is 1.35. The Morgan fingerprint density at radius 2 is 1.92 bits per heavy atom. The number of nitrogens with zero attached hydrogens (tertiary/aromatic N) is 1. The Labute approximate surface area is 146 Å². The van der Waals surface area contributed by atoms with Crippen LogP contribution in [0.3, 0.4) is 0 Å². The van der Waals surface area contributed by atoms with Crippen LogP contribution < -0.4 is 10.1 Å². The molecule has 1 aliphatic rings. The third-order valence-electron chi connectivity index (χ3n) is 3.92. The zero-order chi connectivity index (χ0) is 16.8. The second kappa shape index (κ2) is 8.17. The van der Waals surface area contributed by atoms with Gasteiger partial charge < -0.3 is 14.9 Å². The molecule has 0 bridgehead atoms. The highest BCUT2D eigenvalue weighted by molar-refractivity contribution is 7.98. The predicted octanol–water partition coefficient (Wildman–Crippen LogP) is 2.48. The van der Waals surface area contributed by atoms with Crippen LogP contribution in [0.2, 0.25) is 0 Å². The van der Waals surface area contributed by atoms with E-state index in [2.05, 4.69) is 29.5 Å². The summed E-state index contributed by atoms with van der Waals surface area (Å²) in [5.41, 5.74) is 2.20. The Kier molecular flexibility index (Phi) is 5.72. The molecule has 2 aromatic rings. The monoisotopic (exact) mass is 337 g/mol. The normalized spacial score (nSPS) is 17.1. The smallest absolute Gasteiger partial charge is 0.290 e. The molecule has 0 spiro atoms. The standard InChI is InChI=1S/C18H18BN2O2S/c22-13-19-20-15-10-18(23)21(11-15)16-6-8-17(9-7-16)24-12-14-4-2-1-3-5-14/h1-9,13,15,20H,10-12H2. The van der Waals surface area contributed by atoms with Gasteiger partial charge in [-0.3, -0.25) is 4.79 Å². The van der Waals surface area contributed by atoms with E-state index < -0.39 is 0 Å². The molecular formula is C18H18BN2O2S. The van der Waals surface area contributed by atoms with Crippen molar-refractivity contribution in [2.75, 3.05) is 11.4 Å². The maximum absolute atomic E-state index is 12.1. The van der Waals surface area contributed by atoms with Crippen molar-refractivity contribution in [3.63, 3.8) is 0 Å². The Bertz CT molecular complexity index is 694. The summed E-state index contributed by atoms with van der Waals surface area (Å²) in [6, 6.07) is 18.4. The summed E-state index contributed by atoms with van der Waals surface area (Å²) in [6.45, 7) is 0.583. The Hall–Kier alpha value is -2.05. The third kappa shape index (κ3) is 4.27. The fourth-order valence-electron chi connectivity index (χ4n) is 2.71. The van der Waals surface area contributed by atoms with Crippen molar-refractivity contribution in [3.05, 3.63) is 60.2 Å². The molecular weight excluding hydrogens is 319 g/mol. The molecule has 1 radical (unpaired) electrons. The lowest BCUT2D eigenvalue weighted by molar-refractivity contribution is -0.117. The number of hydrogen-bond acceptors (Lipinski definition) is 4. The molecule has 3 rings (SSSR count). The highest BCUT2D eigenvalue weighted by Gasteiger charge is 2.29. The van der Waals surface area contributed by atoms with Crippen LogP contribution in [-0.2, 0) is 15.3 Å². The lowest BCUT2D eigenvalue weighted by Crippen LogP contribution is -2.35. The molecule has 2 aromatic carbocycles. The van der Waals surface area contributed by atoms with Gasteiger partial charge in [-0.15, -0.1) is 11.8 Å². The minimum atomic E-state index is -0.00479. The molecule has 0 saturated carbocycles. The summed E-state index contributed by atoms with van der Waals surface area (Å²) in [5.74, 6) is 1.01. The number of rotatable bonds is 7. The van der Waals surface area contributed by atoms with Crippen molar-refractivity contribution < 1.29 is 9.59 Å². The maximum atomic E-state index is 12.1. The van der Waals surface area contributed by atoms with E-state index in [1.165, 1.54) is 17.9 Å². The minimum absolute atomic E-state index is 0.00479. The lowest BCUT2D eigenvalue weighted by atomic mass is 9.96. The summed E-state index contributed by atoms with van der Waals surface area (Å²) in [6.07, 6.45) is 1.11. The first-order chi connectivity index (χ1) is 11.8. The molecule has 1 atom stereocenters. The molecule has 24 heavy (non-hydrogen) atoms. The molecule has 0 aliphatic carbocycles. The number of carbonyl (C=O) groups excluding carboxylic acids is 2. The Balaban J connectivity index is 1.58. The van der Waals surface area contributed by atoms with Crippen molar-refractivity contribution in [1.29, 1.82) is 0 Å². The lowest BCUT2D eigenvalue weighted by Gasteiger charge is -2.17. The van der Waals surface area contributed by atoms with Crippen LogP contribution in [0.4, 0.5) is 5.69 Å². The van der Waals surface area contributed by atoms with Crippen molar-refractivity contribution in [1.82, 2.24) is 5.23 Å². The summed E-state index contributed by atoms with van der Waals surface area (Å²) in [4.78, 5) is 25.4. The van der Waals surface area contributed by atoms with Gasteiger partial charge in [-0.1, -0.05) is 30.3 Å². The van der Waals surface area contributed by atoms with Crippen LogP contribution in [-0.4, -0.2) is 32.1 Å². The van der Waals surface area contributed by atoms with Crippen LogP contribution >= 0.6 is 11.8 Å². The van der Waals surface area contributed by atoms with Crippen molar-refractivity contribution in [2.24, 2.45) is 0 Å². The van der Waals surface area contributed by atoms with Gasteiger partial charge in [-0.25, -0.2) is 0 Å². The highest BCUT2D eigenvalue weighted by atomic mass is 32.2. The molecule has 1 unspecified atom stereocenters. The predicted molar refractivity (Wildman–Crippen MR) is 98.8 cm³/mol. The first-order valence-corrected chi connectivity index (χ1v) is 8.85. The maximum Gasteiger partial charge on any atom is 0.290 e. The Morgan fingerprint density at radius 3 is 2.62 bits per heavy atom. The van der Waals surface area contributed by atoms with Gasteiger partial charge in [0.15, 0.2) is 0 Å². The molecule has 1 N–H and O–H groups in total. The van der Waals surface area contributed by atoms with Gasteiger partial charge in [0.2, 0.25) is 5.91 Å². The zero-order valence-corrected chi connectivity index (χ0v) is 14.0. The number of nitrogens with one attached hydrogen (secondary N) is 1. The van der Waals surface area contributed by atoms with E-state index in [9.17, 15) is 9.59 Å². The number of anilines is 1. The molecule has 1 aliphatic heterocycles. The first kappa shape index (κ1) is 16.8. The molecule has 1 saturated heterocycles. The van der Waals surface area contributed by atoms with Gasteiger partial charge in [0, 0.05) is 35.3 Å². The van der Waals surface area contributed by atoms with Crippen LogP contribution in [0.1, 0.15) is 12.0 Å². The fourth-order valence-corrected chi connectivity index (χ4v) is 3.56. The van der Waals surface area contributed by atoms with E-state index in [1.54, 1.807) is 16.7 Å². The molecule has 0 aromatic heterocycles. The van der Waals surface area contributed by atoms with E-state index >= 15 is 0 Å². The molecule has 1 fully saturated rings. The largest absolute Gasteiger partial charge is 0.349 e. The number of hydrogen-bond donors (Lipinski definition) is 1. The molecule has 1 amide bonds. The molecule has 121 valence electrons. The van der Waals surface area contributed by atoms with Gasteiger partial charge in [-0.2, -0.15) is 0 Å². The van der Waals surface area contributed by atoms with E-state index in [0.29, 0.717) is 19.2 Å². The van der Waals surface area contributed by atoms with Gasteiger partial charge in [0.05, 0.1) is 6.19 Å². The Morgan fingerprint density at radius 1 is 1.17 bits per heavy atom. The van der Waals surface area contributed by atoms with Crippen LogP contribution in [0.25, 0.3) is 0 Å². The number of benzene rings is 2. The summed E-state index contributed by atoms with van der Waals surface area (Å²) in [5, 5.41) is 2.95. The van der Waals surface area contributed by atoms with Crippen LogP contribution in [0.5, 0.6) is 0 Å².